The van der Waals surface area contributed by atoms with Gasteiger partial charge in [-0.25, -0.2) is 14.8 Å². The lowest BCUT2D eigenvalue weighted by Gasteiger charge is -2.26. The molecule has 1 N–H and O–H groups in total. The molecule has 1 aliphatic rings. The van der Waals surface area contributed by atoms with Crippen molar-refractivity contribution in [1.29, 1.82) is 0 Å². The van der Waals surface area contributed by atoms with E-state index in [-0.39, 0.29) is 17.7 Å². The van der Waals surface area contributed by atoms with Crippen molar-refractivity contribution < 1.29 is 18.7 Å². The minimum atomic E-state index is -0.764. The average molecular weight is 750 g/mol. The van der Waals surface area contributed by atoms with E-state index in [1.54, 1.807) is 39.2 Å². The van der Waals surface area contributed by atoms with Crippen molar-refractivity contribution in [3.05, 3.63) is 97.6 Å². The van der Waals surface area contributed by atoms with Gasteiger partial charge in [0.25, 0.3) is 11.1 Å². The number of ether oxygens (including phenoxy) is 2. The number of thiazole rings is 1. The number of aromatic nitrogens is 3. The van der Waals surface area contributed by atoms with Gasteiger partial charge < -0.3 is 18.9 Å². The summed E-state index contributed by atoms with van der Waals surface area (Å²) < 4.78 is 20.1. The fourth-order valence-electron chi connectivity index (χ4n) is 4.62. The second-order valence-corrected chi connectivity index (χ2v) is 13.1. The van der Waals surface area contributed by atoms with Crippen LogP contribution in [0, 0.1) is 6.92 Å². The summed E-state index contributed by atoms with van der Waals surface area (Å²) in [4.78, 5) is 51.5. The number of esters is 1. The first-order valence-corrected chi connectivity index (χ1v) is 16.5. The highest BCUT2D eigenvalue weighted by atomic mass is 79.9. The Morgan fingerprint density at radius 1 is 1.21 bits per heavy atom. The summed E-state index contributed by atoms with van der Waals surface area (Å²) in [7, 11) is 1.57. The highest BCUT2D eigenvalue weighted by molar-refractivity contribution is 9.10. The van der Waals surface area contributed by atoms with Crippen molar-refractivity contribution in [1.82, 2.24) is 14.5 Å². The molecule has 224 valence electrons. The molecule has 0 saturated heterocycles. The van der Waals surface area contributed by atoms with Gasteiger partial charge in [-0.2, -0.15) is 0 Å². The number of H-pyrrole nitrogens is 1. The molecule has 0 aliphatic carbocycles. The number of methoxy groups -OCH3 is 1. The number of furan rings is 1. The Kier molecular flexibility index (Phi) is 9.59. The van der Waals surface area contributed by atoms with E-state index in [0.717, 1.165) is 18.2 Å². The molecule has 1 aromatic carbocycles. The molecule has 3 aromatic heterocycles. The zero-order valence-electron chi connectivity index (χ0n) is 23.5. The molecule has 10 nitrogen and oxygen atoms in total. The van der Waals surface area contributed by atoms with Crippen molar-refractivity contribution in [2.24, 2.45) is 4.99 Å². The molecule has 0 spiro atoms. The molecule has 0 saturated carbocycles. The molecular formula is C29H26Br2N4O6S2. The monoisotopic (exact) mass is 748 g/mol. The molecule has 0 amide bonds. The van der Waals surface area contributed by atoms with Crippen LogP contribution in [0.5, 0.6) is 5.75 Å². The lowest BCUT2D eigenvalue weighted by atomic mass is 9.94. The first-order chi connectivity index (χ1) is 20.6. The molecule has 0 unspecified atom stereocenters. The largest absolute Gasteiger partial charge is 0.496 e. The number of hydrogen-bond acceptors (Lipinski definition) is 10. The van der Waals surface area contributed by atoms with Gasteiger partial charge in [0, 0.05) is 17.8 Å². The van der Waals surface area contributed by atoms with Gasteiger partial charge in [0.15, 0.2) is 15.1 Å². The third-order valence-electron chi connectivity index (χ3n) is 6.37. The van der Waals surface area contributed by atoms with Crippen molar-refractivity contribution in [3.8, 4) is 5.75 Å². The highest BCUT2D eigenvalue weighted by Gasteiger charge is 2.34. The fourth-order valence-corrected chi connectivity index (χ4v) is 7.53. The highest BCUT2D eigenvalue weighted by Crippen LogP contribution is 2.37. The molecule has 0 radical (unpaired) electrons. The second-order valence-electron chi connectivity index (χ2n) is 9.39. The molecule has 4 aromatic rings. The van der Waals surface area contributed by atoms with Crippen LogP contribution in [0.1, 0.15) is 49.7 Å². The van der Waals surface area contributed by atoms with Crippen molar-refractivity contribution in [2.75, 3.05) is 13.7 Å². The van der Waals surface area contributed by atoms with Crippen molar-refractivity contribution in [2.45, 2.75) is 49.9 Å². The van der Waals surface area contributed by atoms with E-state index in [9.17, 15) is 14.4 Å². The van der Waals surface area contributed by atoms with Gasteiger partial charge in [0.2, 0.25) is 0 Å². The molecule has 4 heterocycles. The van der Waals surface area contributed by atoms with Gasteiger partial charge >= 0.3 is 5.97 Å². The number of nitrogens with zero attached hydrogens (tertiary/aromatic N) is 3. The Balaban J connectivity index is 1.65. The lowest BCUT2D eigenvalue weighted by Crippen LogP contribution is -2.40. The SMILES string of the molecule is CCCC1=C(C(=O)OCC)[C@H](c2ccc(OC)c(Br)c2)n2c(s/c(=C/c3cc(Br)c(Sc4nc(C)cc(=O)[nH]4)o3)c2=O)=N1. The average Bonchev–Trinajstić information content (AvgIpc) is 3.45. The summed E-state index contributed by atoms with van der Waals surface area (Å²) in [6.45, 7) is 5.67. The van der Waals surface area contributed by atoms with Crippen LogP contribution >= 0.6 is 55.0 Å². The van der Waals surface area contributed by atoms with E-state index in [2.05, 4.69) is 41.8 Å². The van der Waals surface area contributed by atoms with E-state index < -0.39 is 12.0 Å². The number of fused-ring (bicyclic) bond motifs is 1. The number of hydrogen-bond donors (Lipinski definition) is 1. The van der Waals surface area contributed by atoms with Crippen LogP contribution in [0.2, 0.25) is 0 Å². The molecule has 14 heteroatoms. The molecule has 1 atom stereocenters. The molecule has 1 aliphatic heterocycles. The maximum absolute atomic E-state index is 14.0. The molecule has 0 fully saturated rings. The Bertz CT molecular complexity index is 1990. The fraction of sp³-hybridized carbons (Fsp3) is 0.276. The summed E-state index contributed by atoms with van der Waals surface area (Å²) in [6, 6.07) is 7.83. The quantitative estimate of drug-likeness (QED) is 0.182. The number of carbonyl (C=O) groups excluding carboxylic acids is 1. The zero-order chi connectivity index (χ0) is 30.8. The van der Waals surface area contributed by atoms with Crippen LogP contribution in [0.15, 0.2) is 79.8 Å². The third-order valence-corrected chi connectivity index (χ3v) is 9.70. The molecular weight excluding hydrogens is 724 g/mol. The van der Waals surface area contributed by atoms with Gasteiger partial charge in [-0.15, -0.1) is 0 Å². The second kappa shape index (κ2) is 13.2. The van der Waals surface area contributed by atoms with E-state index in [1.807, 2.05) is 19.1 Å². The van der Waals surface area contributed by atoms with Crippen LogP contribution in [-0.4, -0.2) is 34.2 Å². The smallest absolute Gasteiger partial charge is 0.338 e. The van der Waals surface area contributed by atoms with Gasteiger partial charge in [0.05, 0.1) is 44.5 Å². The van der Waals surface area contributed by atoms with Crippen molar-refractivity contribution >= 4 is 67.0 Å². The van der Waals surface area contributed by atoms with Crippen LogP contribution in [-0.2, 0) is 9.53 Å². The normalized spacial score (nSPS) is 14.9. The van der Waals surface area contributed by atoms with Crippen LogP contribution < -0.4 is 25.2 Å². The van der Waals surface area contributed by atoms with E-state index >= 15 is 0 Å². The number of allylic oxidation sites excluding steroid dienone is 1. The number of aromatic amines is 1. The van der Waals surface area contributed by atoms with E-state index in [4.69, 9.17) is 18.9 Å². The van der Waals surface area contributed by atoms with Crippen LogP contribution in [0.25, 0.3) is 6.08 Å². The molecule has 43 heavy (non-hydrogen) atoms. The standard InChI is InChI=1S/C29H26Br2N4O6S2/c1-5-7-19-23(26(38)40-6-2)24(15-8-9-20(39-4)17(30)11-15)35-25(37)21(42-29(35)33-19)13-16-12-18(31)27(41-16)43-28-32-14(3)10-22(36)34-28/h8-13,24H,5-7H2,1-4H3,(H,32,34,36)/b21-13+/t24-/m0/s1. The number of nitrogens with one attached hydrogen (secondary N) is 1. The van der Waals surface area contributed by atoms with E-state index in [0.29, 0.717) is 69.0 Å². The van der Waals surface area contributed by atoms with Crippen molar-refractivity contribution in [3.63, 3.8) is 0 Å². The maximum atomic E-state index is 14.0. The molecule has 0 bridgehead atoms. The number of halogens is 2. The summed E-state index contributed by atoms with van der Waals surface area (Å²) in [6.07, 6.45) is 2.92. The minimum Gasteiger partial charge on any atom is -0.496 e. The summed E-state index contributed by atoms with van der Waals surface area (Å²) in [5.41, 5.74) is 1.61. The van der Waals surface area contributed by atoms with Gasteiger partial charge in [-0.3, -0.25) is 14.2 Å². The summed E-state index contributed by atoms with van der Waals surface area (Å²) in [5, 5.41) is 0.843. The number of benzene rings is 1. The predicted octanol–water partition coefficient (Wildman–Crippen LogP) is 5.25. The Labute approximate surface area is 270 Å². The molecule has 5 rings (SSSR count). The first kappa shape index (κ1) is 31.2. The summed E-state index contributed by atoms with van der Waals surface area (Å²) >= 11 is 9.40. The Hall–Kier alpha value is -3.20. The lowest BCUT2D eigenvalue weighted by molar-refractivity contribution is -0.139. The minimum absolute atomic E-state index is 0.185. The van der Waals surface area contributed by atoms with Crippen LogP contribution in [0.3, 0.4) is 0 Å². The number of carbonyl (C=O) groups is 1. The summed E-state index contributed by atoms with van der Waals surface area (Å²) in [5.74, 6) is 0.519. The van der Waals surface area contributed by atoms with Gasteiger partial charge in [-0.05, 0) is 87.7 Å². The van der Waals surface area contributed by atoms with E-state index in [1.165, 1.54) is 22.0 Å². The van der Waals surface area contributed by atoms with Crippen LogP contribution in [0.4, 0.5) is 0 Å². The first-order valence-electron chi connectivity index (χ1n) is 13.2. The predicted molar refractivity (Wildman–Crippen MR) is 170 cm³/mol. The third kappa shape index (κ3) is 6.52. The maximum Gasteiger partial charge on any atom is 0.338 e. The number of rotatable bonds is 9. The Morgan fingerprint density at radius 3 is 2.67 bits per heavy atom. The number of aryl methyl sites for hydroxylation is 1. The zero-order valence-corrected chi connectivity index (χ0v) is 28.3. The topological polar surface area (TPSA) is 129 Å². The van der Waals surface area contributed by atoms with Gasteiger partial charge in [0.1, 0.15) is 11.5 Å². The van der Waals surface area contributed by atoms with Gasteiger partial charge in [-0.1, -0.05) is 30.7 Å². The Morgan fingerprint density at radius 2 is 2.00 bits per heavy atom.